The Kier molecular flexibility index (Phi) is 4.15. The molecule has 0 radical (unpaired) electrons. The third-order valence-corrected chi connectivity index (χ3v) is 3.12. The van der Waals surface area contributed by atoms with Gasteiger partial charge in [0.25, 0.3) is 5.91 Å². The second-order valence-electron chi connectivity index (χ2n) is 4.51. The molecular weight excluding hydrogens is 230 g/mol. The van der Waals surface area contributed by atoms with Gasteiger partial charge in [-0.05, 0) is 50.3 Å². The van der Waals surface area contributed by atoms with Gasteiger partial charge in [-0.1, -0.05) is 0 Å². The maximum absolute atomic E-state index is 11.4. The lowest BCUT2D eigenvalue weighted by molar-refractivity contribution is 0.0995. The van der Waals surface area contributed by atoms with Gasteiger partial charge in [0.05, 0.1) is 6.61 Å². The van der Waals surface area contributed by atoms with Gasteiger partial charge in [-0.3, -0.25) is 4.79 Å². The fourth-order valence-electron chi connectivity index (χ4n) is 2.15. The van der Waals surface area contributed by atoms with E-state index in [1.807, 2.05) is 6.07 Å². The molecule has 2 rings (SSSR count). The second kappa shape index (κ2) is 5.82. The van der Waals surface area contributed by atoms with Crippen LogP contribution in [0.3, 0.4) is 0 Å². The Morgan fingerprint density at radius 2 is 2.17 bits per heavy atom. The van der Waals surface area contributed by atoms with Crippen LogP contribution in [0.5, 0.6) is 5.88 Å². The highest BCUT2D eigenvalue weighted by Crippen LogP contribution is 2.25. The Bertz CT molecular complexity index is 446. The molecule has 98 valence electrons. The highest BCUT2D eigenvalue weighted by Gasteiger charge is 2.18. The minimum atomic E-state index is -0.487. The molecule has 1 aromatic rings. The average Bonchev–Trinajstić information content (AvgIpc) is 2.38. The SMILES string of the molecule is NCCCOc1nc2c(cc1C(N)=O)CCCC2. The fourth-order valence-corrected chi connectivity index (χ4v) is 2.15. The zero-order valence-corrected chi connectivity index (χ0v) is 10.4. The van der Waals surface area contributed by atoms with Gasteiger partial charge in [0.15, 0.2) is 0 Å². The van der Waals surface area contributed by atoms with E-state index in [9.17, 15) is 4.79 Å². The predicted molar refractivity (Wildman–Crippen MR) is 68.6 cm³/mol. The van der Waals surface area contributed by atoms with Crippen molar-refractivity contribution in [1.29, 1.82) is 0 Å². The fraction of sp³-hybridized carbons (Fsp3) is 0.538. The number of fused-ring (bicyclic) bond motifs is 1. The summed E-state index contributed by atoms with van der Waals surface area (Å²) >= 11 is 0. The quantitative estimate of drug-likeness (QED) is 0.755. The zero-order chi connectivity index (χ0) is 13.0. The lowest BCUT2D eigenvalue weighted by atomic mass is 9.95. The van der Waals surface area contributed by atoms with E-state index >= 15 is 0 Å². The number of ether oxygens (including phenoxy) is 1. The number of nitrogens with zero attached hydrogens (tertiary/aromatic N) is 1. The van der Waals surface area contributed by atoms with Crippen LogP contribution in [0.2, 0.25) is 0 Å². The number of aromatic nitrogens is 1. The van der Waals surface area contributed by atoms with Gasteiger partial charge in [0.1, 0.15) is 5.56 Å². The minimum Gasteiger partial charge on any atom is -0.477 e. The molecule has 0 aliphatic heterocycles. The van der Waals surface area contributed by atoms with Crippen molar-refractivity contribution >= 4 is 5.91 Å². The maximum atomic E-state index is 11.4. The molecule has 0 fully saturated rings. The number of hydrogen-bond donors (Lipinski definition) is 2. The molecule has 0 unspecified atom stereocenters. The largest absolute Gasteiger partial charge is 0.477 e. The van der Waals surface area contributed by atoms with Crippen molar-refractivity contribution < 1.29 is 9.53 Å². The van der Waals surface area contributed by atoms with Crippen molar-refractivity contribution in [2.75, 3.05) is 13.2 Å². The number of rotatable bonds is 5. The van der Waals surface area contributed by atoms with Crippen LogP contribution in [0.1, 0.15) is 40.9 Å². The van der Waals surface area contributed by atoms with Crippen molar-refractivity contribution in [3.63, 3.8) is 0 Å². The van der Waals surface area contributed by atoms with E-state index in [0.29, 0.717) is 24.6 Å². The number of hydrogen-bond acceptors (Lipinski definition) is 4. The number of carbonyl (C=O) groups excluding carboxylic acids is 1. The summed E-state index contributed by atoms with van der Waals surface area (Å²) in [6, 6.07) is 1.83. The number of carbonyl (C=O) groups is 1. The van der Waals surface area contributed by atoms with E-state index in [1.54, 1.807) is 0 Å². The summed E-state index contributed by atoms with van der Waals surface area (Å²) in [6.45, 7) is 1.01. The smallest absolute Gasteiger partial charge is 0.254 e. The summed E-state index contributed by atoms with van der Waals surface area (Å²) in [7, 11) is 0. The van der Waals surface area contributed by atoms with Gasteiger partial charge in [0.2, 0.25) is 5.88 Å². The van der Waals surface area contributed by atoms with Crippen LogP contribution in [0.25, 0.3) is 0 Å². The second-order valence-corrected chi connectivity index (χ2v) is 4.51. The number of aryl methyl sites for hydroxylation is 2. The first-order valence-electron chi connectivity index (χ1n) is 6.38. The molecular formula is C13H19N3O2. The topological polar surface area (TPSA) is 91.2 Å². The summed E-state index contributed by atoms with van der Waals surface area (Å²) in [5, 5.41) is 0. The van der Waals surface area contributed by atoms with Crippen molar-refractivity contribution in [3.8, 4) is 5.88 Å². The van der Waals surface area contributed by atoms with E-state index in [4.69, 9.17) is 16.2 Å². The number of primary amides is 1. The average molecular weight is 249 g/mol. The van der Waals surface area contributed by atoms with Gasteiger partial charge < -0.3 is 16.2 Å². The summed E-state index contributed by atoms with van der Waals surface area (Å²) < 4.78 is 5.51. The Labute approximate surface area is 107 Å². The number of pyridine rings is 1. The molecule has 0 aromatic carbocycles. The van der Waals surface area contributed by atoms with Crippen LogP contribution in [-0.2, 0) is 12.8 Å². The molecule has 5 heteroatoms. The standard InChI is InChI=1S/C13H19N3O2/c14-6-3-7-18-13-10(12(15)17)8-9-4-1-2-5-11(9)16-13/h8H,1-7,14H2,(H2,15,17). The molecule has 0 atom stereocenters. The third-order valence-electron chi connectivity index (χ3n) is 3.12. The van der Waals surface area contributed by atoms with Crippen molar-refractivity contribution in [1.82, 2.24) is 4.98 Å². The van der Waals surface area contributed by atoms with Crippen LogP contribution in [-0.4, -0.2) is 24.0 Å². The molecule has 1 aliphatic carbocycles. The highest BCUT2D eigenvalue weighted by atomic mass is 16.5. The molecule has 4 N–H and O–H groups in total. The van der Waals surface area contributed by atoms with Crippen molar-refractivity contribution in [2.24, 2.45) is 11.5 Å². The van der Waals surface area contributed by atoms with Gasteiger partial charge in [-0.2, -0.15) is 0 Å². The van der Waals surface area contributed by atoms with E-state index in [-0.39, 0.29) is 0 Å². The molecule has 1 amide bonds. The summed E-state index contributed by atoms with van der Waals surface area (Å²) in [5.74, 6) is -0.129. The summed E-state index contributed by atoms with van der Waals surface area (Å²) in [6.07, 6.45) is 4.92. The Morgan fingerprint density at radius 3 is 2.89 bits per heavy atom. The van der Waals surface area contributed by atoms with Gasteiger partial charge >= 0.3 is 0 Å². The highest BCUT2D eigenvalue weighted by molar-refractivity contribution is 5.95. The van der Waals surface area contributed by atoms with Crippen molar-refractivity contribution in [2.45, 2.75) is 32.1 Å². The van der Waals surface area contributed by atoms with Crippen LogP contribution in [0, 0.1) is 0 Å². The van der Waals surface area contributed by atoms with Crippen LogP contribution >= 0.6 is 0 Å². The first-order valence-corrected chi connectivity index (χ1v) is 6.38. The molecule has 0 saturated heterocycles. The monoisotopic (exact) mass is 249 g/mol. The molecule has 1 aromatic heterocycles. The maximum Gasteiger partial charge on any atom is 0.254 e. The summed E-state index contributed by atoms with van der Waals surface area (Å²) in [4.78, 5) is 15.9. The first-order chi connectivity index (χ1) is 8.72. The predicted octanol–water partition coefficient (Wildman–Crippen LogP) is 0.787. The minimum absolute atomic E-state index is 0.358. The van der Waals surface area contributed by atoms with Gasteiger partial charge in [0, 0.05) is 5.69 Å². The molecule has 1 heterocycles. The summed E-state index contributed by atoms with van der Waals surface area (Å²) in [5.41, 5.74) is 13.3. The van der Waals surface area contributed by atoms with E-state index in [2.05, 4.69) is 4.98 Å². The molecule has 18 heavy (non-hydrogen) atoms. The number of nitrogens with two attached hydrogens (primary N) is 2. The molecule has 1 aliphatic rings. The Balaban J connectivity index is 2.27. The van der Waals surface area contributed by atoms with Crippen LogP contribution < -0.4 is 16.2 Å². The Hall–Kier alpha value is -1.62. The number of amides is 1. The normalized spacial score (nSPS) is 14.1. The van der Waals surface area contributed by atoms with Gasteiger partial charge in [-0.25, -0.2) is 4.98 Å². The van der Waals surface area contributed by atoms with E-state index in [1.165, 1.54) is 0 Å². The van der Waals surface area contributed by atoms with Crippen LogP contribution in [0.15, 0.2) is 6.07 Å². The van der Waals surface area contributed by atoms with Gasteiger partial charge in [-0.15, -0.1) is 0 Å². The third kappa shape index (κ3) is 2.79. The first kappa shape index (κ1) is 12.8. The molecule has 0 spiro atoms. The molecule has 0 saturated carbocycles. The van der Waals surface area contributed by atoms with Crippen molar-refractivity contribution in [3.05, 3.63) is 22.9 Å². The van der Waals surface area contributed by atoms with Crippen LogP contribution in [0.4, 0.5) is 0 Å². The Morgan fingerprint density at radius 1 is 1.39 bits per heavy atom. The zero-order valence-electron chi connectivity index (χ0n) is 10.4. The molecule has 5 nitrogen and oxygen atoms in total. The van der Waals surface area contributed by atoms with E-state index in [0.717, 1.165) is 43.4 Å². The molecule has 0 bridgehead atoms. The lowest BCUT2D eigenvalue weighted by Gasteiger charge is -2.17. The lowest BCUT2D eigenvalue weighted by Crippen LogP contribution is -2.18. The van der Waals surface area contributed by atoms with E-state index < -0.39 is 5.91 Å².